The predicted octanol–water partition coefficient (Wildman–Crippen LogP) is -0.997. The second-order valence-corrected chi connectivity index (χ2v) is 4.50. The van der Waals surface area contributed by atoms with Crippen LogP contribution in [0, 0.1) is 0 Å². The van der Waals surface area contributed by atoms with E-state index in [0.717, 1.165) is 5.56 Å². The quantitative estimate of drug-likeness (QED) is 0.548. The van der Waals surface area contributed by atoms with E-state index in [1.54, 1.807) is 0 Å². The Morgan fingerprint density at radius 2 is 1.84 bits per heavy atom. The Labute approximate surface area is 110 Å². The summed E-state index contributed by atoms with van der Waals surface area (Å²) in [5.74, 6) is 0. The molecule has 6 heteroatoms. The van der Waals surface area contributed by atoms with E-state index in [-0.39, 0.29) is 6.61 Å². The second-order valence-electron chi connectivity index (χ2n) is 4.50. The molecule has 4 N–H and O–H groups in total. The van der Waals surface area contributed by atoms with Crippen molar-refractivity contribution in [1.29, 1.82) is 0 Å². The SMILES string of the molecule is OC[C@@H](O)[C@H]1O[C@@H](OCc2ccccc2)[C@H](O)[C@@H]1O. The Balaban J connectivity index is 1.91. The Bertz CT molecular complexity index is 384. The van der Waals surface area contributed by atoms with E-state index in [1.807, 2.05) is 30.3 Å². The first-order chi connectivity index (χ1) is 9.13. The molecule has 1 fully saturated rings. The van der Waals surface area contributed by atoms with Crippen LogP contribution in [-0.2, 0) is 16.1 Å². The molecule has 1 saturated heterocycles. The third-order valence-electron chi connectivity index (χ3n) is 3.08. The van der Waals surface area contributed by atoms with Crippen molar-refractivity contribution < 1.29 is 29.9 Å². The van der Waals surface area contributed by atoms with Crippen molar-refractivity contribution in [1.82, 2.24) is 0 Å². The molecule has 0 spiro atoms. The van der Waals surface area contributed by atoms with Crippen LogP contribution in [0.25, 0.3) is 0 Å². The zero-order chi connectivity index (χ0) is 13.8. The highest BCUT2D eigenvalue weighted by Crippen LogP contribution is 2.25. The third-order valence-corrected chi connectivity index (χ3v) is 3.08. The van der Waals surface area contributed by atoms with Gasteiger partial charge >= 0.3 is 0 Å². The van der Waals surface area contributed by atoms with Crippen molar-refractivity contribution >= 4 is 0 Å². The molecule has 1 aliphatic heterocycles. The summed E-state index contributed by atoms with van der Waals surface area (Å²) in [5, 5.41) is 37.7. The maximum atomic E-state index is 9.76. The lowest BCUT2D eigenvalue weighted by Gasteiger charge is -2.18. The molecule has 2 rings (SSSR count). The molecule has 6 nitrogen and oxygen atoms in total. The van der Waals surface area contributed by atoms with Crippen molar-refractivity contribution in [2.24, 2.45) is 0 Å². The smallest absolute Gasteiger partial charge is 0.187 e. The summed E-state index contributed by atoms with van der Waals surface area (Å²) < 4.78 is 10.6. The predicted molar refractivity (Wildman–Crippen MR) is 65.0 cm³/mol. The normalized spacial score (nSPS) is 32.4. The van der Waals surface area contributed by atoms with Gasteiger partial charge in [-0.2, -0.15) is 0 Å². The van der Waals surface area contributed by atoms with Crippen LogP contribution >= 0.6 is 0 Å². The molecule has 0 unspecified atom stereocenters. The van der Waals surface area contributed by atoms with Crippen molar-refractivity contribution in [2.75, 3.05) is 6.61 Å². The minimum Gasteiger partial charge on any atom is -0.394 e. The lowest BCUT2D eigenvalue weighted by Crippen LogP contribution is -2.40. The molecule has 0 aromatic heterocycles. The zero-order valence-electron chi connectivity index (χ0n) is 10.3. The van der Waals surface area contributed by atoms with Crippen LogP contribution in [-0.4, -0.2) is 57.7 Å². The Hall–Kier alpha value is -1.02. The third kappa shape index (κ3) is 3.30. The van der Waals surface area contributed by atoms with Gasteiger partial charge in [-0.1, -0.05) is 30.3 Å². The van der Waals surface area contributed by atoms with Gasteiger partial charge in [0.2, 0.25) is 0 Å². The molecule has 0 amide bonds. The Morgan fingerprint density at radius 1 is 1.16 bits per heavy atom. The van der Waals surface area contributed by atoms with Crippen LogP contribution in [0.1, 0.15) is 5.56 Å². The summed E-state index contributed by atoms with van der Waals surface area (Å²) in [6, 6.07) is 9.31. The molecule has 0 saturated carbocycles. The average molecular weight is 270 g/mol. The highest BCUT2D eigenvalue weighted by atomic mass is 16.7. The lowest BCUT2D eigenvalue weighted by molar-refractivity contribution is -0.186. The largest absolute Gasteiger partial charge is 0.394 e. The van der Waals surface area contributed by atoms with E-state index in [2.05, 4.69) is 0 Å². The van der Waals surface area contributed by atoms with Crippen LogP contribution in [0.15, 0.2) is 30.3 Å². The number of rotatable bonds is 5. The van der Waals surface area contributed by atoms with Crippen LogP contribution < -0.4 is 0 Å². The summed E-state index contributed by atoms with van der Waals surface area (Å²) in [6.45, 7) is -0.336. The van der Waals surface area contributed by atoms with Gasteiger partial charge in [0.05, 0.1) is 13.2 Å². The Kier molecular flexibility index (Phi) is 4.87. The highest BCUT2D eigenvalue weighted by Gasteiger charge is 2.46. The number of hydrogen-bond donors (Lipinski definition) is 4. The molecule has 1 heterocycles. The van der Waals surface area contributed by atoms with Gasteiger partial charge in [0.25, 0.3) is 0 Å². The zero-order valence-corrected chi connectivity index (χ0v) is 10.3. The van der Waals surface area contributed by atoms with E-state index in [1.165, 1.54) is 0 Å². The fraction of sp³-hybridized carbons (Fsp3) is 0.538. The minimum absolute atomic E-state index is 0.219. The summed E-state index contributed by atoms with van der Waals surface area (Å²) in [4.78, 5) is 0. The lowest BCUT2D eigenvalue weighted by atomic mass is 10.1. The molecule has 1 aromatic rings. The van der Waals surface area contributed by atoms with Gasteiger partial charge in [-0.25, -0.2) is 0 Å². The molecule has 1 aliphatic rings. The van der Waals surface area contributed by atoms with Gasteiger partial charge < -0.3 is 29.9 Å². The van der Waals surface area contributed by atoms with Gasteiger partial charge in [-0.15, -0.1) is 0 Å². The van der Waals surface area contributed by atoms with Crippen molar-refractivity contribution in [3.8, 4) is 0 Å². The second kappa shape index (κ2) is 6.42. The molecule has 0 aliphatic carbocycles. The molecule has 0 bridgehead atoms. The summed E-state index contributed by atoms with van der Waals surface area (Å²) in [7, 11) is 0. The van der Waals surface area contributed by atoms with E-state index in [9.17, 15) is 15.3 Å². The van der Waals surface area contributed by atoms with Gasteiger partial charge in [0, 0.05) is 0 Å². The molecule has 19 heavy (non-hydrogen) atoms. The fourth-order valence-electron chi connectivity index (χ4n) is 1.98. The summed E-state index contributed by atoms with van der Waals surface area (Å²) >= 11 is 0. The topological polar surface area (TPSA) is 99.4 Å². The highest BCUT2D eigenvalue weighted by molar-refractivity contribution is 5.13. The van der Waals surface area contributed by atoms with Crippen LogP contribution in [0.2, 0.25) is 0 Å². The first-order valence-corrected chi connectivity index (χ1v) is 6.09. The fourth-order valence-corrected chi connectivity index (χ4v) is 1.98. The van der Waals surface area contributed by atoms with Gasteiger partial charge in [0.15, 0.2) is 6.29 Å². The number of aliphatic hydroxyl groups excluding tert-OH is 4. The van der Waals surface area contributed by atoms with Crippen LogP contribution in [0.3, 0.4) is 0 Å². The average Bonchev–Trinajstić information content (AvgIpc) is 2.73. The van der Waals surface area contributed by atoms with E-state index >= 15 is 0 Å². The number of hydrogen-bond acceptors (Lipinski definition) is 6. The van der Waals surface area contributed by atoms with E-state index < -0.39 is 37.3 Å². The van der Waals surface area contributed by atoms with Crippen molar-refractivity contribution in [3.63, 3.8) is 0 Å². The first-order valence-electron chi connectivity index (χ1n) is 6.09. The molecule has 106 valence electrons. The minimum atomic E-state index is -1.29. The van der Waals surface area contributed by atoms with E-state index in [4.69, 9.17) is 14.6 Å². The van der Waals surface area contributed by atoms with E-state index in [0.29, 0.717) is 0 Å². The Morgan fingerprint density at radius 3 is 2.47 bits per heavy atom. The van der Waals surface area contributed by atoms with Gasteiger partial charge in [0.1, 0.15) is 24.4 Å². The monoisotopic (exact) mass is 270 g/mol. The maximum absolute atomic E-state index is 9.76. The maximum Gasteiger partial charge on any atom is 0.187 e. The van der Waals surface area contributed by atoms with Gasteiger partial charge in [-0.3, -0.25) is 0 Å². The number of benzene rings is 1. The summed E-state index contributed by atoms with van der Waals surface area (Å²) in [6.07, 6.45) is -5.88. The summed E-state index contributed by atoms with van der Waals surface area (Å²) in [5.41, 5.74) is 0.902. The van der Waals surface area contributed by atoms with Gasteiger partial charge in [-0.05, 0) is 5.56 Å². The molecular formula is C13H18O6. The molecule has 1 aromatic carbocycles. The van der Waals surface area contributed by atoms with Crippen molar-refractivity contribution in [3.05, 3.63) is 35.9 Å². The first kappa shape index (κ1) is 14.4. The number of ether oxygens (including phenoxy) is 2. The molecular weight excluding hydrogens is 252 g/mol. The molecule has 0 radical (unpaired) electrons. The van der Waals surface area contributed by atoms with Crippen LogP contribution in [0.5, 0.6) is 0 Å². The standard InChI is InChI=1S/C13H18O6/c14-6-9(15)12-10(16)11(17)13(19-12)18-7-8-4-2-1-3-5-8/h1-5,9-17H,6-7H2/t9-,10+,11-,12-,13-/m1/s1. The number of aliphatic hydroxyl groups is 4. The van der Waals surface area contributed by atoms with Crippen molar-refractivity contribution in [2.45, 2.75) is 37.3 Å². The molecule has 5 atom stereocenters. The van der Waals surface area contributed by atoms with Crippen LogP contribution in [0.4, 0.5) is 0 Å².